The molecule has 0 saturated heterocycles. The molecule has 0 spiro atoms. The summed E-state index contributed by atoms with van der Waals surface area (Å²) >= 11 is 0. The Morgan fingerprint density at radius 3 is 2.28 bits per heavy atom. The van der Waals surface area contributed by atoms with Crippen molar-refractivity contribution >= 4 is 17.4 Å². The van der Waals surface area contributed by atoms with Gasteiger partial charge in [-0.3, -0.25) is 4.57 Å². The summed E-state index contributed by atoms with van der Waals surface area (Å²) in [6.07, 6.45) is 1.02. The fourth-order valence-corrected chi connectivity index (χ4v) is 2.99. The maximum atomic E-state index is 13.7. The zero-order valence-electron chi connectivity index (χ0n) is 9.91. The SMILES string of the molecule is CCOP(=O)(O)C(F)c1ccc(S(C)(=O)=O)cc1. The number of halogens is 1. The van der Waals surface area contributed by atoms with Crippen LogP contribution < -0.4 is 0 Å². The van der Waals surface area contributed by atoms with E-state index in [1.165, 1.54) is 19.1 Å². The fourth-order valence-electron chi connectivity index (χ4n) is 1.31. The van der Waals surface area contributed by atoms with Crippen molar-refractivity contribution in [1.29, 1.82) is 0 Å². The zero-order chi connectivity index (χ0) is 14.0. The number of hydrogen-bond acceptors (Lipinski definition) is 4. The first kappa shape index (κ1) is 15.3. The van der Waals surface area contributed by atoms with E-state index in [-0.39, 0.29) is 17.1 Å². The van der Waals surface area contributed by atoms with E-state index in [1.54, 1.807) is 0 Å². The molecule has 1 N–H and O–H groups in total. The molecule has 0 fully saturated rings. The third kappa shape index (κ3) is 3.62. The molecule has 0 aromatic heterocycles. The second kappa shape index (κ2) is 5.48. The van der Waals surface area contributed by atoms with Crippen molar-refractivity contribution < 1.29 is 26.8 Å². The van der Waals surface area contributed by atoms with Crippen LogP contribution in [0.15, 0.2) is 29.2 Å². The lowest BCUT2D eigenvalue weighted by Crippen LogP contribution is -2.00. The first-order chi connectivity index (χ1) is 8.18. The van der Waals surface area contributed by atoms with Gasteiger partial charge >= 0.3 is 7.60 Å². The Balaban J connectivity index is 3.03. The van der Waals surface area contributed by atoms with Crippen molar-refractivity contribution in [3.8, 4) is 0 Å². The monoisotopic (exact) mass is 296 g/mol. The maximum absolute atomic E-state index is 13.7. The van der Waals surface area contributed by atoms with E-state index >= 15 is 0 Å². The molecule has 102 valence electrons. The minimum Gasteiger partial charge on any atom is -0.322 e. The van der Waals surface area contributed by atoms with E-state index in [0.29, 0.717) is 0 Å². The van der Waals surface area contributed by atoms with Crippen LogP contribution >= 0.6 is 7.60 Å². The number of hydrogen-bond donors (Lipinski definition) is 1. The molecule has 1 rings (SSSR count). The van der Waals surface area contributed by atoms with Gasteiger partial charge in [0.15, 0.2) is 9.84 Å². The number of alkyl halides is 1. The van der Waals surface area contributed by atoms with Crippen LogP contribution in [-0.2, 0) is 18.9 Å². The van der Waals surface area contributed by atoms with Crippen molar-refractivity contribution in [3.63, 3.8) is 0 Å². The first-order valence-electron chi connectivity index (χ1n) is 5.09. The Morgan fingerprint density at radius 2 is 1.89 bits per heavy atom. The van der Waals surface area contributed by atoms with Gasteiger partial charge in [-0.1, -0.05) is 12.1 Å². The van der Waals surface area contributed by atoms with Crippen LogP contribution in [0.4, 0.5) is 4.39 Å². The van der Waals surface area contributed by atoms with Crippen LogP contribution in [-0.4, -0.2) is 26.2 Å². The third-order valence-electron chi connectivity index (χ3n) is 2.18. The van der Waals surface area contributed by atoms with E-state index in [1.807, 2.05) is 0 Å². The number of rotatable bonds is 5. The van der Waals surface area contributed by atoms with E-state index in [4.69, 9.17) is 0 Å². The van der Waals surface area contributed by atoms with Crippen molar-refractivity contribution in [2.45, 2.75) is 17.7 Å². The summed E-state index contributed by atoms with van der Waals surface area (Å²) in [6, 6.07) is 4.68. The molecule has 18 heavy (non-hydrogen) atoms. The van der Waals surface area contributed by atoms with Gasteiger partial charge in [-0.2, -0.15) is 0 Å². The van der Waals surface area contributed by atoms with E-state index in [0.717, 1.165) is 18.4 Å². The summed E-state index contributed by atoms with van der Waals surface area (Å²) in [7, 11) is -7.75. The molecule has 0 saturated carbocycles. The topological polar surface area (TPSA) is 80.7 Å². The molecule has 0 aliphatic carbocycles. The quantitative estimate of drug-likeness (QED) is 0.843. The molecule has 1 aromatic rings. The lowest BCUT2D eigenvalue weighted by molar-refractivity contribution is 0.235. The Hall–Kier alpha value is -0.750. The van der Waals surface area contributed by atoms with E-state index in [2.05, 4.69) is 4.52 Å². The van der Waals surface area contributed by atoms with Crippen molar-refractivity contribution in [1.82, 2.24) is 0 Å². The Morgan fingerprint density at radius 1 is 1.39 bits per heavy atom. The van der Waals surface area contributed by atoms with Gasteiger partial charge in [-0.25, -0.2) is 12.8 Å². The van der Waals surface area contributed by atoms with Crippen LogP contribution in [0.3, 0.4) is 0 Å². The van der Waals surface area contributed by atoms with Gasteiger partial charge in [-0.15, -0.1) is 0 Å². The molecule has 1 aromatic carbocycles. The van der Waals surface area contributed by atoms with Crippen LogP contribution in [0.5, 0.6) is 0 Å². The molecule has 0 amide bonds. The standard InChI is InChI=1S/C10H14FO5PS/c1-3-16-17(12,13)10(11)8-4-6-9(7-5-8)18(2,14)15/h4-7,10H,3H2,1-2H3,(H,12,13). The largest absolute Gasteiger partial charge is 0.366 e. The molecule has 2 atom stereocenters. The predicted octanol–water partition coefficient (Wildman–Crippen LogP) is 2.28. The molecule has 0 bridgehead atoms. The van der Waals surface area contributed by atoms with E-state index in [9.17, 15) is 22.3 Å². The highest BCUT2D eigenvalue weighted by Crippen LogP contribution is 2.57. The molecule has 0 heterocycles. The van der Waals surface area contributed by atoms with Gasteiger partial charge in [0, 0.05) is 6.26 Å². The zero-order valence-corrected chi connectivity index (χ0v) is 11.6. The highest BCUT2D eigenvalue weighted by Gasteiger charge is 2.33. The highest BCUT2D eigenvalue weighted by atomic mass is 32.2. The molecular formula is C10H14FO5PS. The summed E-state index contributed by atoms with van der Waals surface area (Å²) in [5.41, 5.74) is -0.0957. The first-order valence-corrected chi connectivity index (χ1v) is 8.63. The van der Waals surface area contributed by atoms with Gasteiger partial charge in [0.2, 0.25) is 5.91 Å². The second-order valence-corrected chi connectivity index (χ2v) is 7.51. The molecule has 0 aliphatic heterocycles. The average Bonchev–Trinajstić information content (AvgIpc) is 2.27. The normalized spacial score (nSPS) is 17.1. The van der Waals surface area contributed by atoms with Gasteiger partial charge in [0.25, 0.3) is 0 Å². The highest BCUT2D eigenvalue weighted by molar-refractivity contribution is 7.90. The van der Waals surface area contributed by atoms with Crippen LogP contribution in [0.25, 0.3) is 0 Å². The van der Waals surface area contributed by atoms with Gasteiger partial charge < -0.3 is 9.42 Å². The minimum absolute atomic E-state index is 0.0163. The number of sulfone groups is 1. The van der Waals surface area contributed by atoms with Crippen LogP contribution in [0.1, 0.15) is 18.4 Å². The van der Waals surface area contributed by atoms with Crippen molar-refractivity contribution in [3.05, 3.63) is 29.8 Å². The van der Waals surface area contributed by atoms with Gasteiger partial charge in [0.05, 0.1) is 11.5 Å². The summed E-state index contributed by atoms with van der Waals surface area (Å²) in [5.74, 6) is -2.19. The summed E-state index contributed by atoms with van der Waals surface area (Å²) < 4.78 is 52.0. The Bertz CT molecular complexity index is 554. The maximum Gasteiger partial charge on any atom is 0.366 e. The molecule has 8 heteroatoms. The van der Waals surface area contributed by atoms with Crippen LogP contribution in [0.2, 0.25) is 0 Å². The Labute approximate surface area is 105 Å². The van der Waals surface area contributed by atoms with Crippen LogP contribution in [0, 0.1) is 0 Å². The lowest BCUT2D eigenvalue weighted by Gasteiger charge is -2.15. The third-order valence-corrected chi connectivity index (χ3v) is 4.81. The second-order valence-electron chi connectivity index (χ2n) is 3.66. The number of benzene rings is 1. The summed E-state index contributed by atoms with van der Waals surface area (Å²) in [4.78, 5) is 9.32. The van der Waals surface area contributed by atoms with Gasteiger partial charge in [-0.05, 0) is 24.6 Å². The molecule has 2 unspecified atom stereocenters. The van der Waals surface area contributed by atoms with Crippen molar-refractivity contribution in [2.75, 3.05) is 12.9 Å². The predicted molar refractivity (Wildman–Crippen MR) is 64.9 cm³/mol. The molecular weight excluding hydrogens is 282 g/mol. The minimum atomic E-state index is -4.38. The van der Waals surface area contributed by atoms with E-state index < -0.39 is 23.3 Å². The molecule has 5 nitrogen and oxygen atoms in total. The average molecular weight is 296 g/mol. The fraction of sp³-hybridized carbons (Fsp3) is 0.400. The summed E-state index contributed by atoms with van der Waals surface area (Å²) in [6.45, 7) is 1.39. The molecule has 0 radical (unpaired) electrons. The smallest absolute Gasteiger partial charge is 0.322 e. The summed E-state index contributed by atoms with van der Waals surface area (Å²) in [5, 5.41) is 0. The van der Waals surface area contributed by atoms with Gasteiger partial charge in [0.1, 0.15) is 0 Å². The Kier molecular flexibility index (Phi) is 4.66. The molecule has 0 aliphatic rings. The lowest BCUT2D eigenvalue weighted by atomic mass is 10.2. The van der Waals surface area contributed by atoms with Crippen molar-refractivity contribution in [2.24, 2.45) is 0 Å².